The van der Waals surface area contributed by atoms with E-state index in [1.165, 1.54) is 17.4 Å². The third-order valence-corrected chi connectivity index (χ3v) is 5.80. The van der Waals surface area contributed by atoms with Crippen LogP contribution in [0.4, 0.5) is 5.69 Å². The van der Waals surface area contributed by atoms with Crippen LogP contribution in [0.1, 0.15) is 6.42 Å². The van der Waals surface area contributed by atoms with Crippen LogP contribution in [0.25, 0.3) is 21.3 Å². The van der Waals surface area contributed by atoms with Crippen molar-refractivity contribution in [3.63, 3.8) is 0 Å². The van der Waals surface area contributed by atoms with E-state index < -0.39 is 4.92 Å². The number of nitrogens with zero attached hydrogens (tertiary/aromatic N) is 4. The van der Waals surface area contributed by atoms with Gasteiger partial charge in [0.15, 0.2) is 5.16 Å². The average molecular weight is 409 g/mol. The Bertz CT molecular complexity index is 946. The second-order valence-corrected chi connectivity index (χ2v) is 8.22. The van der Waals surface area contributed by atoms with Crippen LogP contribution >= 0.6 is 34.7 Å². The van der Waals surface area contributed by atoms with Gasteiger partial charge in [-0.1, -0.05) is 35.5 Å². The van der Waals surface area contributed by atoms with Gasteiger partial charge >= 0.3 is 0 Å². The summed E-state index contributed by atoms with van der Waals surface area (Å²) in [5, 5.41) is 14.7. The summed E-state index contributed by atoms with van der Waals surface area (Å²) in [7, 11) is 4.09. The summed E-state index contributed by atoms with van der Waals surface area (Å²) in [6, 6.07) is 6.51. The van der Waals surface area contributed by atoms with E-state index in [9.17, 15) is 10.1 Å². The van der Waals surface area contributed by atoms with Crippen molar-refractivity contribution >= 4 is 50.6 Å². The smallest absolute Gasteiger partial charge is 0.270 e. The van der Waals surface area contributed by atoms with Gasteiger partial charge < -0.3 is 4.90 Å². The molecule has 0 bridgehead atoms. The maximum absolute atomic E-state index is 11.0. The largest absolute Gasteiger partial charge is 0.309 e. The number of benzene rings is 1. The molecule has 0 unspecified atom stereocenters. The molecule has 0 fully saturated rings. The number of thiophene rings is 1. The standard InChI is InChI=1S/C17H17ClN4O2S2/c1-21(2)7-4-8-25-17-19-15(18)14-13(10-26-16(14)20-17)11-5-3-6-12(9-11)22(23)24/h3,5-6,9-10H,4,7-8H2,1-2H3. The molecule has 1 aromatic carbocycles. The Hall–Kier alpha value is -1.74. The van der Waals surface area contributed by atoms with Crippen LogP contribution in [0.2, 0.25) is 5.15 Å². The highest BCUT2D eigenvalue weighted by Crippen LogP contribution is 2.38. The average Bonchev–Trinajstić information content (AvgIpc) is 3.03. The molecule has 9 heteroatoms. The van der Waals surface area contributed by atoms with Gasteiger partial charge in [0.05, 0.1) is 10.3 Å². The molecule has 0 radical (unpaired) electrons. The topological polar surface area (TPSA) is 72.2 Å². The molecule has 6 nitrogen and oxygen atoms in total. The number of nitro benzene ring substituents is 1. The Balaban J connectivity index is 1.88. The van der Waals surface area contributed by atoms with Gasteiger partial charge in [-0.25, -0.2) is 9.97 Å². The molecule has 0 N–H and O–H groups in total. The monoisotopic (exact) mass is 408 g/mol. The molecule has 0 amide bonds. The van der Waals surface area contributed by atoms with Crippen molar-refractivity contribution in [2.75, 3.05) is 26.4 Å². The molecule has 3 rings (SSSR count). The molecule has 0 aliphatic rings. The lowest BCUT2D eigenvalue weighted by Crippen LogP contribution is -2.13. The highest BCUT2D eigenvalue weighted by atomic mass is 35.5. The first-order chi connectivity index (χ1) is 12.5. The first-order valence-electron chi connectivity index (χ1n) is 7.93. The van der Waals surface area contributed by atoms with Crippen LogP contribution in [0.3, 0.4) is 0 Å². The molecule has 0 atom stereocenters. The minimum absolute atomic E-state index is 0.0481. The quantitative estimate of drug-likeness (QED) is 0.137. The van der Waals surface area contributed by atoms with E-state index in [-0.39, 0.29) is 5.69 Å². The van der Waals surface area contributed by atoms with E-state index >= 15 is 0 Å². The van der Waals surface area contributed by atoms with E-state index in [0.717, 1.165) is 40.1 Å². The fourth-order valence-corrected chi connectivity index (χ4v) is 4.64. The first-order valence-corrected chi connectivity index (χ1v) is 10.2. The lowest BCUT2D eigenvalue weighted by molar-refractivity contribution is -0.384. The maximum Gasteiger partial charge on any atom is 0.270 e. The van der Waals surface area contributed by atoms with Crippen LogP contribution in [0.5, 0.6) is 0 Å². The van der Waals surface area contributed by atoms with Gasteiger partial charge in [-0.3, -0.25) is 10.1 Å². The summed E-state index contributed by atoms with van der Waals surface area (Å²) in [5.74, 6) is 0.920. The predicted octanol–water partition coefficient (Wildman–Crippen LogP) is 4.96. The second-order valence-electron chi connectivity index (χ2n) is 5.94. The van der Waals surface area contributed by atoms with E-state index in [0.29, 0.717) is 10.3 Å². The number of halogens is 1. The van der Waals surface area contributed by atoms with Crippen molar-refractivity contribution in [3.05, 3.63) is 44.9 Å². The summed E-state index contributed by atoms with van der Waals surface area (Å²) < 4.78 is 0. The Kier molecular flexibility index (Phi) is 6.08. The molecule has 136 valence electrons. The Morgan fingerprint density at radius 1 is 1.35 bits per heavy atom. The minimum Gasteiger partial charge on any atom is -0.309 e. The maximum atomic E-state index is 11.0. The van der Waals surface area contributed by atoms with Gasteiger partial charge in [0.1, 0.15) is 9.98 Å². The Morgan fingerprint density at radius 3 is 2.88 bits per heavy atom. The second kappa shape index (κ2) is 8.30. The number of nitro groups is 1. The van der Waals surface area contributed by atoms with Gasteiger partial charge in [-0.05, 0) is 32.6 Å². The third kappa shape index (κ3) is 4.32. The zero-order valence-corrected chi connectivity index (χ0v) is 16.7. The molecule has 2 aromatic heterocycles. The molecule has 2 heterocycles. The molecule has 0 spiro atoms. The zero-order chi connectivity index (χ0) is 18.7. The number of fused-ring (bicyclic) bond motifs is 1. The molecule has 3 aromatic rings. The summed E-state index contributed by atoms with van der Waals surface area (Å²) in [4.78, 5) is 22.6. The minimum atomic E-state index is -0.404. The number of rotatable bonds is 7. The Labute approximate surface area is 164 Å². The Morgan fingerprint density at radius 2 is 2.15 bits per heavy atom. The number of aromatic nitrogens is 2. The molecule has 0 aliphatic carbocycles. The molecular formula is C17H17ClN4O2S2. The molecule has 0 aliphatic heterocycles. The van der Waals surface area contributed by atoms with Crippen molar-refractivity contribution in [3.8, 4) is 11.1 Å². The van der Waals surface area contributed by atoms with Gasteiger partial charge in [0, 0.05) is 28.8 Å². The van der Waals surface area contributed by atoms with Crippen molar-refractivity contribution < 1.29 is 4.92 Å². The highest BCUT2D eigenvalue weighted by molar-refractivity contribution is 7.99. The van der Waals surface area contributed by atoms with E-state index in [1.807, 2.05) is 25.5 Å². The summed E-state index contributed by atoms with van der Waals surface area (Å²) in [5.41, 5.74) is 1.61. The van der Waals surface area contributed by atoms with Gasteiger partial charge in [-0.2, -0.15) is 0 Å². The highest BCUT2D eigenvalue weighted by Gasteiger charge is 2.16. The predicted molar refractivity (Wildman–Crippen MR) is 108 cm³/mol. The molecular weight excluding hydrogens is 392 g/mol. The number of hydrogen-bond acceptors (Lipinski definition) is 7. The van der Waals surface area contributed by atoms with Crippen LogP contribution in [0.15, 0.2) is 34.8 Å². The van der Waals surface area contributed by atoms with Gasteiger partial charge in [0.2, 0.25) is 0 Å². The summed E-state index contributed by atoms with van der Waals surface area (Å²) in [6.45, 7) is 1.01. The van der Waals surface area contributed by atoms with Gasteiger partial charge in [-0.15, -0.1) is 11.3 Å². The zero-order valence-electron chi connectivity index (χ0n) is 14.3. The van der Waals surface area contributed by atoms with E-state index in [1.54, 1.807) is 23.9 Å². The van der Waals surface area contributed by atoms with Crippen LogP contribution < -0.4 is 0 Å². The summed E-state index contributed by atoms with van der Waals surface area (Å²) >= 11 is 9.48. The number of hydrogen-bond donors (Lipinski definition) is 0. The van der Waals surface area contributed by atoms with Crippen molar-refractivity contribution in [1.82, 2.24) is 14.9 Å². The van der Waals surface area contributed by atoms with Crippen molar-refractivity contribution in [1.29, 1.82) is 0 Å². The van der Waals surface area contributed by atoms with Crippen LogP contribution in [-0.4, -0.2) is 46.2 Å². The number of thioether (sulfide) groups is 1. The van der Waals surface area contributed by atoms with E-state index in [4.69, 9.17) is 11.6 Å². The fourth-order valence-electron chi connectivity index (χ4n) is 2.49. The first kappa shape index (κ1) is 19.0. The van der Waals surface area contributed by atoms with Crippen LogP contribution in [-0.2, 0) is 0 Å². The molecule has 26 heavy (non-hydrogen) atoms. The normalized spacial score (nSPS) is 11.4. The molecule has 0 saturated carbocycles. The lowest BCUT2D eigenvalue weighted by atomic mass is 10.1. The van der Waals surface area contributed by atoms with Crippen molar-refractivity contribution in [2.24, 2.45) is 0 Å². The third-order valence-electron chi connectivity index (χ3n) is 3.72. The van der Waals surface area contributed by atoms with Crippen molar-refractivity contribution in [2.45, 2.75) is 11.6 Å². The van der Waals surface area contributed by atoms with Gasteiger partial charge in [0.25, 0.3) is 5.69 Å². The molecule has 0 saturated heterocycles. The fraction of sp³-hybridized carbons (Fsp3) is 0.294. The lowest BCUT2D eigenvalue weighted by Gasteiger charge is -2.08. The van der Waals surface area contributed by atoms with Crippen LogP contribution in [0, 0.1) is 10.1 Å². The summed E-state index contributed by atoms with van der Waals surface area (Å²) in [6.07, 6.45) is 1.04. The van der Waals surface area contributed by atoms with E-state index in [2.05, 4.69) is 14.9 Å². The number of non-ortho nitro benzene ring substituents is 1. The SMILES string of the molecule is CN(C)CCCSc1nc(Cl)c2c(-c3cccc([N+](=O)[O-])c3)csc2n1.